The first-order valence-electron chi connectivity index (χ1n) is 5.10. The quantitative estimate of drug-likeness (QED) is 0.652. The zero-order valence-corrected chi connectivity index (χ0v) is 8.62. The zero-order valence-electron chi connectivity index (χ0n) is 8.62. The summed E-state index contributed by atoms with van der Waals surface area (Å²) in [5, 5.41) is 11.0. The third-order valence-electron chi connectivity index (χ3n) is 3.26. The number of aliphatic carboxylic acids is 1. The molecule has 1 saturated carbocycles. The number of carboxylic acids is 1. The normalized spacial score (nSPS) is 31.4. The van der Waals surface area contributed by atoms with Gasteiger partial charge in [-0.1, -0.05) is 20.3 Å². The lowest BCUT2D eigenvalue weighted by Gasteiger charge is -2.19. The molecule has 4 heteroatoms. The standard InChI is InChI=1S/C10H17NO3/c1-3-7-4-5-8(6(7)2)11-9(12)10(13)14/h6-8H,3-5H2,1-2H3,(H,11,12)(H,13,14). The summed E-state index contributed by atoms with van der Waals surface area (Å²) in [5.41, 5.74) is 0. The van der Waals surface area contributed by atoms with Crippen molar-refractivity contribution in [2.24, 2.45) is 11.8 Å². The topological polar surface area (TPSA) is 66.4 Å². The first kappa shape index (κ1) is 11.0. The van der Waals surface area contributed by atoms with Gasteiger partial charge in [-0.05, 0) is 24.7 Å². The highest BCUT2D eigenvalue weighted by molar-refractivity contribution is 6.31. The molecule has 3 unspecified atom stereocenters. The Balaban J connectivity index is 2.48. The summed E-state index contributed by atoms with van der Waals surface area (Å²) in [7, 11) is 0. The van der Waals surface area contributed by atoms with Crippen LogP contribution in [0.2, 0.25) is 0 Å². The Labute approximate surface area is 83.7 Å². The van der Waals surface area contributed by atoms with E-state index in [2.05, 4.69) is 19.2 Å². The summed E-state index contributed by atoms with van der Waals surface area (Å²) >= 11 is 0. The largest absolute Gasteiger partial charge is 0.474 e. The van der Waals surface area contributed by atoms with Crippen molar-refractivity contribution in [3.8, 4) is 0 Å². The van der Waals surface area contributed by atoms with E-state index in [0.29, 0.717) is 11.8 Å². The second-order valence-electron chi connectivity index (χ2n) is 3.99. The third kappa shape index (κ3) is 2.25. The van der Waals surface area contributed by atoms with Crippen LogP contribution in [0, 0.1) is 11.8 Å². The predicted molar refractivity (Wildman–Crippen MR) is 51.7 cm³/mol. The minimum Gasteiger partial charge on any atom is -0.474 e. The smallest absolute Gasteiger partial charge is 0.394 e. The van der Waals surface area contributed by atoms with E-state index in [4.69, 9.17) is 5.11 Å². The molecule has 0 radical (unpaired) electrons. The number of carboxylic acid groups (broad SMARTS) is 1. The average Bonchev–Trinajstić information content (AvgIpc) is 2.47. The van der Waals surface area contributed by atoms with Crippen molar-refractivity contribution in [1.29, 1.82) is 0 Å². The van der Waals surface area contributed by atoms with Crippen LogP contribution in [0.4, 0.5) is 0 Å². The van der Waals surface area contributed by atoms with Crippen LogP contribution in [-0.2, 0) is 9.59 Å². The van der Waals surface area contributed by atoms with Crippen molar-refractivity contribution in [3.63, 3.8) is 0 Å². The summed E-state index contributed by atoms with van der Waals surface area (Å²) in [6, 6.07) is 0.0450. The van der Waals surface area contributed by atoms with Crippen molar-refractivity contribution in [2.45, 2.75) is 39.2 Å². The van der Waals surface area contributed by atoms with E-state index in [-0.39, 0.29) is 6.04 Å². The number of carbonyl (C=O) groups excluding carboxylic acids is 1. The van der Waals surface area contributed by atoms with Crippen LogP contribution < -0.4 is 5.32 Å². The number of hydrogen-bond acceptors (Lipinski definition) is 2. The number of hydrogen-bond donors (Lipinski definition) is 2. The summed E-state index contributed by atoms with van der Waals surface area (Å²) in [6.45, 7) is 4.20. The van der Waals surface area contributed by atoms with Gasteiger partial charge < -0.3 is 10.4 Å². The summed E-state index contributed by atoms with van der Waals surface area (Å²) in [6.07, 6.45) is 3.08. The van der Waals surface area contributed by atoms with E-state index in [1.54, 1.807) is 0 Å². The lowest BCUT2D eigenvalue weighted by Crippen LogP contribution is -2.41. The molecule has 0 saturated heterocycles. The number of rotatable bonds is 2. The highest BCUT2D eigenvalue weighted by atomic mass is 16.4. The Morgan fingerprint density at radius 2 is 2.07 bits per heavy atom. The molecule has 0 bridgehead atoms. The van der Waals surface area contributed by atoms with Gasteiger partial charge in [-0.2, -0.15) is 0 Å². The van der Waals surface area contributed by atoms with Crippen LogP contribution in [0.15, 0.2) is 0 Å². The van der Waals surface area contributed by atoms with Gasteiger partial charge in [-0.3, -0.25) is 4.79 Å². The molecule has 1 aliphatic rings. The fourth-order valence-electron chi connectivity index (χ4n) is 2.26. The van der Waals surface area contributed by atoms with Crippen molar-refractivity contribution in [3.05, 3.63) is 0 Å². The van der Waals surface area contributed by atoms with Crippen LogP contribution in [0.25, 0.3) is 0 Å². The van der Waals surface area contributed by atoms with Gasteiger partial charge in [0.25, 0.3) is 0 Å². The number of amides is 1. The van der Waals surface area contributed by atoms with E-state index in [1.165, 1.54) is 0 Å². The van der Waals surface area contributed by atoms with Crippen LogP contribution in [0.1, 0.15) is 33.1 Å². The van der Waals surface area contributed by atoms with Gasteiger partial charge in [0, 0.05) is 6.04 Å². The monoisotopic (exact) mass is 199 g/mol. The second-order valence-corrected chi connectivity index (χ2v) is 3.99. The summed E-state index contributed by atoms with van der Waals surface area (Å²) < 4.78 is 0. The molecule has 1 fully saturated rings. The SMILES string of the molecule is CCC1CCC(NC(=O)C(=O)O)C1C. The third-order valence-corrected chi connectivity index (χ3v) is 3.26. The molecule has 0 aliphatic heterocycles. The Bertz CT molecular complexity index is 240. The molecular formula is C10H17NO3. The van der Waals surface area contributed by atoms with Crippen LogP contribution in [-0.4, -0.2) is 23.0 Å². The molecule has 1 aliphatic carbocycles. The molecule has 1 amide bonds. The maximum Gasteiger partial charge on any atom is 0.394 e. The number of nitrogens with one attached hydrogen (secondary N) is 1. The lowest BCUT2D eigenvalue weighted by molar-refractivity contribution is -0.150. The molecular weight excluding hydrogens is 182 g/mol. The Kier molecular flexibility index (Phi) is 3.49. The molecule has 4 nitrogen and oxygen atoms in total. The Morgan fingerprint density at radius 1 is 1.43 bits per heavy atom. The summed E-state index contributed by atoms with van der Waals surface area (Å²) in [4.78, 5) is 21.3. The maximum absolute atomic E-state index is 10.9. The van der Waals surface area contributed by atoms with E-state index in [1.807, 2.05) is 0 Å². The van der Waals surface area contributed by atoms with Gasteiger partial charge in [-0.25, -0.2) is 4.79 Å². The van der Waals surface area contributed by atoms with Gasteiger partial charge in [0.1, 0.15) is 0 Å². The molecule has 0 aromatic heterocycles. The number of carbonyl (C=O) groups is 2. The Hall–Kier alpha value is -1.06. The van der Waals surface area contributed by atoms with Gasteiger partial charge in [-0.15, -0.1) is 0 Å². The molecule has 3 atom stereocenters. The fraction of sp³-hybridized carbons (Fsp3) is 0.800. The van der Waals surface area contributed by atoms with Crippen molar-refractivity contribution >= 4 is 11.9 Å². The highest BCUT2D eigenvalue weighted by Gasteiger charge is 2.33. The highest BCUT2D eigenvalue weighted by Crippen LogP contribution is 2.33. The second kappa shape index (κ2) is 4.44. The van der Waals surface area contributed by atoms with E-state index in [9.17, 15) is 9.59 Å². The molecule has 0 heterocycles. The maximum atomic E-state index is 10.9. The molecule has 14 heavy (non-hydrogen) atoms. The van der Waals surface area contributed by atoms with Crippen molar-refractivity contribution in [2.75, 3.05) is 0 Å². The molecule has 0 aromatic rings. The first-order valence-corrected chi connectivity index (χ1v) is 5.10. The minimum atomic E-state index is -1.39. The van der Waals surface area contributed by atoms with E-state index in [0.717, 1.165) is 19.3 Å². The van der Waals surface area contributed by atoms with Crippen LogP contribution >= 0.6 is 0 Å². The summed E-state index contributed by atoms with van der Waals surface area (Å²) in [5.74, 6) is -1.26. The molecule has 80 valence electrons. The van der Waals surface area contributed by atoms with Gasteiger partial charge in [0.15, 0.2) is 0 Å². The molecule has 0 aromatic carbocycles. The van der Waals surface area contributed by atoms with E-state index >= 15 is 0 Å². The van der Waals surface area contributed by atoms with Gasteiger partial charge >= 0.3 is 11.9 Å². The zero-order chi connectivity index (χ0) is 10.7. The average molecular weight is 199 g/mol. The lowest BCUT2D eigenvalue weighted by atomic mass is 9.93. The fourth-order valence-corrected chi connectivity index (χ4v) is 2.26. The molecule has 0 spiro atoms. The molecule has 1 rings (SSSR count). The van der Waals surface area contributed by atoms with Crippen molar-refractivity contribution < 1.29 is 14.7 Å². The van der Waals surface area contributed by atoms with Crippen LogP contribution in [0.5, 0.6) is 0 Å². The van der Waals surface area contributed by atoms with Gasteiger partial charge in [0.2, 0.25) is 0 Å². The van der Waals surface area contributed by atoms with Crippen molar-refractivity contribution in [1.82, 2.24) is 5.32 Å². The minimum absolute atomic E-state index is 0.0450. The predicted octanol–water partition coefficient (Wildman–Crippen LogP) is 1.01. The van der Waals surface area contributed by atoms with Gasteiger partial charge in [0.05, 0.1) is 0 Å². The van der Waals surface area contributed by atoms with Crippen LogP contribution in [0.3, 0.4) is 0 Å². The van der Waals surface area contributed by atoms with E-state index < -0.39 is 11.9 Å². The first-order chi connectivity index (χ1) is 6.56. The Morgan fingerprint density at radius 3 is 2.50 bits per heavy atom. The molecule has 2 N–H and O–H groups in total.